The van der Waals surface area contributed by atoms with Crippen LogP contribution in [0.3, 0.4) is 0 Å². The smallest absolute Gasteiger partial charge is 0.224 e. The van der Waals surface area contributed by atoms with Crippen molar-refractivity contribution in [1.29, 1.82) is 0 Å². The van der Waals surface area contributed by atoms with Gasteiger partial charge in [0.25, 0.3) is 0 Å². The van der Waals surface area contributed by atoms with Crippen molar-refractivity contribution in [1.82, 2.24) is 29.5 Å². The zero-order valence-electron chi connectivity index (χ0n) is 16.7. The lowest BCUT2D eigenvalue weighted by atomic mass is 9.93. The fraction of sp³-hybridized carbons (Fsp3) is 0.429. The predicted molar refractivity (Wildman–Crippen MR) is 112 cm³/mol. The summed E-state index contributed by atoms with van der Waals surface area (Å²) in [5.74, 6) is 0.666. The number of hydrogen-bond donors (Lipinski definition) is 2. The Morgan fingerprint density at radius 3 is 2.86 bits per heavy atom. The highest BCUT2D eigenvalue weighted by Crippen LogP contribution is 2.28. The number of nitrogens with one attached hydrogen (secondary N) is 2. The lowest BCUT2D eigenvalue weighted by molar-refractivity contribution is 0.0346. The number of hydrogen-bond acceptors (Lipinski definition) is 6. The Kier molecular flexibility index (Phi) is 4.63. The fourth-order valence-electron chi connectivity index (χ4n) is 4.11. The minimum absolute atomic E-state index is 0.395. The Bertz CT molecular complexity index is 1140. The summed E-state index contributed by atoms with van der Waals surface area (Å²) in [6, 6.07) is 4.35. The molecule has 2 N–H and O–H groups in total. The first-order valence-electron chi connectivity index (χ1n) is 10.3. The van der Waals surface area contributed by atoms with Gasteiger partial charge in [0.1, 0.15) is 5.65 Å². The first-order valence-corrected chi connectivity index (χ1v) is 10.3. The average Bonchev–Trinajstić information content (AvgIpc) is 3.33. The second kappa shape index (κ2) is 7.44. The van der Waals surface area contributed by atoms with E-state index < -0.39 is 0 Å². The Balaban J connectivity index is 1.36. The van der Waals surface area contributed by atoms with E-state index in [1.165, 1.54) is 0 Å². The second-order valence-corrected chi connectivity index (χ2v) is 7.62. The largest absolute Gasteiger partial charge is 0.379 e. The van der Waals surface area contributed by atoms with E-state index in [1.54, 1.807) is 0 Å². The van der Waals surface area contributed by atoms with E-state index in [2.05, 4.69) is 32.2 Å². The third kappa shape index (κ3) is 3.44. The highest BCUT2D eigenvalue weighted by molar-refractivity contribution is 5.92. The van der Waals surface area contributed by atoms with Gasteiger partial charge in [-0.2, -0.15) is 10.1 Å². The van der Waals surface area contributed by atoms with E-state index in [-0.39, 0.29) is 0 Å². The van der Waals surface area contributed by atoms with Crippen molar-refractivity contribution in [2.45, 2.75) is 51.7 Å². The molecule has 0 spiro atoms. The Labute approximate surface area is 168 Å². The summed E-state index contributed by atoms with van der Waals surface area (Å²) in [6.45, 7) is 4.84. The summed E-state index contributed by atoms with van der Waals surface area (Å²) in [7, 11) is 0. The fourth-order valence-corrected chi connectivity index (χ4v) is 4.11. The maximum Gasteiger partial charge on any atom is 0.224 e. The molecule has 1 aliphatic carbocycles. The molecule has 4 heterocycles. The lowest BCUT2D eigenvalue weighted by Crippen LogP contribution is -2.30. The van der Waals surface area contributed by atoms with Crippen molar-refractivity contribution < 1.29 is 4.74 Å². The van der Waals surface area contributed by atoms with Crippen LogP contribution in [-0.2, 0) is 4.74 Å². The standard InChI is InChI=1S/C21H25N7O/c1-3-29-15-6-4-14(5-7-15)25-21-24-12-17-16(11-23-20(17)26-21)18-8-9-19-22-10-13(2)28(19)27-18/h8-12,14-15H,3-7H2,1-2H3,(H2,23,24,25,26)/t14-,15+. The van der Waals surface area contributed by atoms with E-state index in [0.29, 0.717) is 18.1 Å². The van der Waals surface area contributed by atoms with Crippen molar-refractivity contribution in [3.8, 4) is 11.3 Å². The van der Waals surface area contributed by atoms with Crippen LogP contribution in [0, 0.1) is 6.92 Å². The molecule has 0 radical (unpaired) electrons. The molecule has 0 amide bonds. The Morgan fingerprint density at radius 1 is 1.17 bits per heavy atom. The van der Waals surface area contributed by atoms with Crippen LogP contribution in [-0.4, -0.2) is 48.3 Å². The summed E-state index contributed by atoms with van der Waals surface area (Å²) in [4.78, 5) is 16.9. The van der Waals surface area contributed by atoms with Gasteiger partial charge in [-0.1, -0.05) is 0 Å². The molecule has 1 aliphatic rings. The number of imidazole rings is 1. The van der Waals surface area contributed by atoms with Crippen LogP contribution < -0.4 is 5.32 Å². The van der Waals surface area contributed by atoms with Gasteiger partial charge in [-0.05, 0) is 51.7 Å². The topological polar surface area (TPSA) is 93.0 Å². The molecule has 0 atom stereocenters. The number of aromatic amines is 1. The average molecular weight is 391 g/mol. The molecule has 29 heavy (non-hydrogen) atoms. The molecule has 8 heteroatoms. The molecule has 1 saturated carbocycles. The molecule has 4 aromatic rings. The predicted octanol–water partition coefficient (Wildman–Crippen LogP) is 3.74. The van der Waals surface area contributed by atoms with E-state index >= 15 is 0 Å². The maximum absolute atomic E-state index is 5.74. The number of H-pyrrole nitrogens is 1. The summed E-state index contributed by atoms with van der Waals surface area (Å²) in [5.41, 5.74) is 4.50. The monoisotopic (exact) mass is 391 g/mol. The summed E-state index contributed by atoms with van der Waals surface area (Å²) in [5, 5.41) is 9.16. The molecule has 4 aromatic heterocycles. The van der Waals surface area contributed by atoms with E-state index in [1.807, 2.05) is 42.2 Å². The number of aryl methyl sites for hydroxylation is 1. The van der Waals surface area contributed by atoms with Crippen LogP contribution >= 0.6 is 0 Å². The molecule has 5 rings (SSSR count). The van der Waals surface area contributed by atoms with Crippen molar-refractivity contribution in [2.24, 2.45) is 0 Å². The molecule has 150 valence electrons. The normalized spacial score (nSPS) is 19.8. The van der Waals surface area contributed by atoms with E-state index in [4.69, 9.17) is 9.84 Å². The van der Waals surface area contributed by atoms with Crippen LogP contribution in [0.15, 0.2) is 30.7 Å². The zero-order chi connectivity index (χ0) is 19.8. The van der Waals surface area contributed by atoms with Gasteiger partial charge in [-0.15, -0.1) is 0 Å². The second-order valence-electron chi connectivity index (χ2n) is 7.62. The highest BCUT2D eigenvalue weighted by atomic mass is 16.5. The highest BCUT2D eigenvalue weighted by Gasteiger charge is 2.22. The summed E-state index contributed by atoms with van der Waals surface area (Å²) >= 11 is 0. The van der Waals surface area contributed by atoms with Crippen molar-refractivity contribution >= 4 is 22.6 Å². The van der Waals surface area contributed by atoms with Gasteiger partial charge >= 0.3 is 0 Å². The minimum Gasteiger partial charge on any atom is -0.379 e. The van der Waals surface area contributed by atoms with Crippen LogP contribution in [0.1, 0.15) is 38.3 Å². The van der Waals surface area contributed by atoms with Gasteiger partial charge in [0.05, 0.1) is 23.7 Å². The van der Waals surface area contributed by atoms with E-state index in [0.717, 1.165) is 65.9 Å². The number of fused-ring (bicyclic) bond motifs is 2. The number of aromatic nitrogens is 6. The molecule has 0 aromatic carbocycles. The van der Waals surface area contributed by atoms with Gasteiger partial charge in [0, 0.05) is 36.0 Å². The number of ether oxygens (including phenoxy) is 1. The van der Waals surface area contributed by atoms with Crippen LogP contribution in [0.25, 0.3) is 27.9 Å². The molecular weight excluding hydrogens is 366 g/mol. The van der Waals surface area contributed by atoms with Gasteiger partial charge < -0.3 is 15.0 Å². The van der Waals surface area contributed by atoms with Crippen molar-refractivity contribution in [3.05, 3.63) is 36.4 Å². The van der Waals surface area contributed by atoms with Crippen molar-refractivity contribution in [3.63, 3.8) is 0 Å². The summed E-state index contributed by atoms with van der Waals surface area (Å²) < 4.78 is 7.59. The molecule has 0 saturated heterocycles. The zero-order valence-corrected chi connectivity index (χ0v) is 16.7. The Hall–Kier alpha value is -3.00. The molecule has 0 aliphatic heterocycles. The molecular formula is C21H25N7O. The lowest BCUT2D eigenvalue weighted by Gasteiger charge is -2.28. The van der Waals surface area contributed by atoms with Crippen LogP contribution in [0.4, 0.5) is 5.95 Å². The van der Waals surface area contributed by atoms with Gasteiger partial charge in [0.15, 0.2) is 5.65 Å². The molecule has 0 unspecified atom stereocenters. The van der Waals surface area contributed by atoms with E-state index in [9.17, 15) is 0 Å². The quantitative estimate of drug-likeness (QED) is 0.538. The number of rotatable bonds is 5. The molecule has 0 bridgehead atoms. The van der Waals surface area contributed by atoms with Crippen molar-refractivity contribution in [2.75, 3.05) is 11.9 Å². The van der Waals surface area contributed by atoms with Crippen LogP contribution in [0.2, 0.25) is 0 Å². The summed E-state index contributed by atoms with van der Waals surface area (Å²) in [6.07, 6.45) is 10.4. The SMILES string of the molecule is CCO[C@H]1CC[C@@H](Nc2ncc3c(-c4ccc5ncc(C)n5n4)c[nH]c3n2)CC1. The number of nitrogens with zero attached hydrogens (tertiary/aromatic N) is 5. The third-order valence-electron chi connectivity index (χ3n) is 5.65. The first kappa shape index (κ1) is 18.1. The number of anilines is 1. The molecule has 8 nitrogen and oxygen atoms in total. The van der Waals surface area contributed by atoms with Crippen LogP contribution in [0.5, 0.6) is 0 Å². The Morgan fingerprint density at radius 2 is 2.03 bits per heavy atom. The van der Waals surface area contributed by atoms with Gasteiger partial charge in [-0.3, -0.25) is 0 Å². The maximum atomic E-state index is 5.74. The first-order chi connectivity index (χ1) is 14.2. The third-order valence-corrected chi connectivity index (χ3v) is 5.65. The van der Waals surface area contributed by atoms with Gasteiger partial charge in [0.2, 0.25) is 5.95 Å². The van der Waals surface area contributed by atoms with Gasteiger partial charge in [-0.25, -0.2) is 14.5 Å². The molecule has 1 fully saturated rings. The minimum atomic E-state index is 0.395.